The lowest BCUT2D eigenvalue weighted by molar-refractivity contribution is 0.224. The third-order valence-electron chi connectivity index (χ3n) is 4.03. The summed E-state index contributed by atoms with van der Waals surface area (Å²) >= 11 is 0. The Labute approximate surface area is 112 Å². The van der Waals surface area contributed by atoms with Gasteiger partial charge in [-0.1, -0.05) is 6.07 Å². The molecule has 1 unspecified atom stereocenters. The molecule has 19 heavy (non-hydrogen) atoms. The van der Waals surface area contributed by atoms with E-state index in [2.05, 4.69) is 23.9 Å². The van der Waals surface area contributed by atoms with E-state index in [4.69, 9.17) is 0 Å². The summed E-state index contributed by atoms with van der Waals surface area (Å²) in [5.41, 5.74) is 1.57. The summed E-state index contributed by atoms with van der Waals surface area (Å²) in [5.74, 6) is 0.826. The third kappa shape index (κ3) is 2.54. The van der Waals surface area contributed by atoms with Crippen molar-refractivity contribution in [2.75, 3.05) is 7.05 Å². The zero-order valence-corrected chi connectivity index (χ0v) is 11.4. The molecule has 0 amide bonds. The molecule has 2 aromatic rings. The predicted octanol–water partition coefficient (Wildman–Crippen LogP) is 1.92. The van der Waals surface area contributed by atoms with Crippen LogP contribution < -0.4 is 5.56 Å². The number of fused-ring (bicyclic) bond motifs is 1. The van der Waals surface area contributed by atoms with E-state index >= 15 is 0 Å². The van der Waals surface area contributed by atoms with Crippen molar-refractivity contribution < 1.29 is 0 Å². The molecule has 0 N–H and O–H groups in total. The van der Waals surface area contributed by atoms with Crippen molar-refractivity contribution in [1.82, 2.24) is 14.3 Å². The van der Waals surface area contributed by atoms with Crippen molar-refractivity contribution in [3.8, 4) is 0 Å². The lowest BCUT2D eigenvalue weighted by Gasteiger charge is -2.24. The average Bonchev–Trinajstić information content (AvgIpc) is 3.22. The third-order valence-corrected chi connectivity index (χ3v) is 4.03. The van der Waals surface area contributed by atoms with Gasteiger partial charge in [0.05, 0.1) is 5.69 Å². The summed E-state index contributed by atoms with van der Waals surface area (Å²) in [6, 6.07) is 7.83. The second-order valence-electron chi connectivity index (χ2n) is 5.51. The predicted molar refractivity (Wildman–Crippen MR) is 75.1 cm³/mol. The Morgan fingerprint density at radius 2 is 2.26 bits per heavy atom. The minimum atomic E-state index is -0.00641. The quantitative estimate of drug-likeness (QED) is 0.840. The maximum atomic E-state index is 12.0. The van der Waals surface area contributed by atoms with Crippen molar-refractivity contribution in [1.29, 1.82) is 0 Å². The average molecular weight is 257 g/mol. The number of hydrogen-bond acceptors (Lipinski definition) is 3. The molecule has 100 valence electrons. The van der Waals surface area contributed by atoms with Gasteiger partial charge in [0.25, 0.3) is 5.56 Å². The van der Waals surface area contributed by atoms with E-state index in [9.17, 15) is 4.79 Å². The highest BCUT2D eigenvalue weighted by Gasteiger charge is 2.30. The van der Waals surface area contributed by atoms with E-state index in [0.717, 1.165) is 23.8 Å². The molecule has 1 aliphatic carbocycles. The first-order valence-electron chi connectivity index (χ1n) is 6.83. The number of hydrogen-bond donors (Lipinski definition) is 0. The minimum absolute atomic E-state index is 0.00641. The van der Waals surface area contributed by atoms with Crippen LogP contribution in [0.5, 0.6) is 0 Å². The molecule has 0 bridgehead atoms. The molecule has 1 fully saturated rings. The Morgan fingerprint density at radius 3 is 3.00 bits per heavy atom. The first-order chi connectivity index (χ1) is 9.15. The van der Waals surface area contributed by atoms with Crippen LogP contribution in [0.2, 0.25) is 0 Å². The summed E-state index contributed by atoms with van der Waals surface area (Å²) in [7, 11) is 2.11. The molecule has 0 spiro atoms. The largest absolute Gasteiger partial charge is 0.298 e. The maximum Gasteiger partial charge on any atom is 0.258 e. The van der Waals surface area contributed by atoms with Gasteiger partial charge in [0.1, 0.15) is 5.65 Å². The fraction of sp³-hybridized carbons (Fsp3) is 0.467. The van der Waals surface area contributed by atoms with Crippen molar-refractivity contribution >= 4 is 5.65 Å². The Morgan fingerprint density at radius 1 is 1.47 bits per heavy atom. The number of pyridine rings is 1. The highest BCUT2D eigenvalue weighted by molar-refractivity contribution is 5.37. The summed E-state index contributed by atoms with van der Waals surface area (Å²) < 4.78 is 1.58. The van der Waals surface area contributed by atoms with Gasteiger partial charge in [-0.05, 0) is 44.9 Å². The Hall–Kier alpha value is -1.68. The van der Waals surface area contributed by atoms with Gasteiger partial charge in [-0.25, -0.2) is 4.98 Å². The van der Waals surface area contributed by atoms with Gasteiger partial charge in [0, 0.05) is 24.8 Å². The second kappa shape index (κ2) is 4.78. The molecule has 0 aliphatic heterocycles. The second-order valence-corrected chi connectivity index (χ2v) is 5.51. The maximum absolute atomic E-state index is 12.0. The molecule has 0 aromatic carbocycles. The van der Waals surface area contributed by atoms with Crippen LogP contribution in [0.1, 0.15) is 25.5 Å². The van der Waals surface area contributed by atoms with Crippen molar-refractivity contribution in [2.45, 2.75) is 32.4 Å². The summed E-state index contributed by atoms with van der Waals surface area (Å²) in [4.78, 5) is 18.9. The highest BCUT2D eigenvalue weighted by Crippen LogP contribution is 2.34. The SMILES string of the molecule is CC(C1CC1)N(C)Cc1cc(=O)n2ccccc2n1. The summed E-state index contributed by atoms with van der Waals surface area (Å²) in [5, 5.41) is 0. The van der Waals surface area contributed by atoms with Crippen LogP contribution >= 0.6 is 0 Å². The first kappa shape index (κ1) is 12.4. The van der Waals surface area contributed by atoms with Crippen LogP contribution in [0, 0.1) is 5.92 Å². The van der Waals surface area contributed by atoms with E-state index < -0.39 is 0 Å². The Balaban J connectivity index is 1.86. The van der Waals surface area contributed by atoms with Crippen LogP contribution in [-0.2, 0) is 6.54 Å². The smallest absolute Gasteiger partial charge is 0.258 e. The molecule has 0 saturated heterocycles. The van der Waals surface area contributed by atoms with E-state index in [-0.39, 0.29) is 5.56 Å². The summed E-state index contributed by atoms with van der Waals surface area (Å²) in [6.45, 7) is 2.99. The van der Waals surface area contributed by atoms with E-state index in [1.807, 2.05) is 18.2 Å². The zero-order valence-electron chi connectivity index (χ0n) is 11.4. The van der Waals surface area contributed by atoms with Crippen molar-refractivity contribution in [2.24, 2.45) is 5.92 Å². The van der Waals surface area contributed by atoms with E-state index in [1.165, 1.54) is 12.8 Å². The highest BCUT2D eigenvalue weighted by atomic mass is 16.1. The molecule has 4 heteroatoms. The van der Waals surface area contributed by atoms with Crippen LogP contribution in [0.25, 0.3) is 5.65 Å². The van der Waals surface area contributed by atoms with Gasteiger partial charge in [-0.2, -0.15) is 0 Å². The molecule has 4 nitrogen and oxygen atoms in total. The Bertz CT molecular complexity index is 645. The molecular weight excluding hydrogens is 238 g/mol. The Kier molecular flexibility index (Phi) is 3.11. The number of aromatic nitrogens is 2. The molecular formula is C15H19N3O. The lowest BCUT2D eigenvalue weighted by atomic mass is 10.2. The molecule has 1 aliphatic rings. The van der Waals surface area contributed by atoms with E-state index in [1.54, 1.807) is 16.7 Å². The van der Waals surface area contributed by atoms with Crippen LogP contribution in [0.3, 0.4) is 0 Å². The lowest BCUT2D eigenvalue weighted by Crippen LogP contribution is -2.31. The fourth-order valence-electron chi connectivity index (χ4n) is 2.52. The van der Waals surface area contributed by atoms with Crippen LogP contribution in [0.4, 0.5) is 0 Å². The van der Waals surface area contributed by atoms with E-state index in [0.29, 0.717) is 6.04 Å². The van der Waals surface area contributed by atoms with Gasteiger partial charge in [0.15, 0.2) is 0 Å². The first-order valence-corrected chi connectivity index (χ1v) is 6.83. The monoisotopic (exact) mass is 257 g/mol. The van der Waals surface area contributed by atoms with Gasteiger partial charge in [0.2, 0.25) is 0 Å². The van der Waals surface area contributed by atoms with Crippen LogP contribution in [0.15, 0.2) is 35.3 Å². The molecule has 1 atom stereocenters. The minimum Gasteiger partial charge on any atom is -0.298 e. The van der Waals surface area contributed by atoms with Crippen molar-refractivity contribution in [3.05, 3.63) is 46.5 Å². The fourth-order valence-corrected chi connectivity index (χ4v) is 2.52. The standard InChI is InChI=1S/C15H19N3O/c1-11(12-6-7-12)17(2)10-13-9-15(19)18-8-4-3-5-14(18)16-13/h3-5,8-9,11-12H,6-7,10H2,1-2H3. The molecule has 1 saturated carbocycles. The molecule has 2 aromatic heterocycles. The van der Waals surface area contributed by atoms with Crippen molar-refractivity contribution in [3.63, 3.8) is 0 Å². The number of rotatable bonds is 4. The zero-order chi connectivity index (χ0) is 13.4. The van der Waals surface area contributed by atoms with Crippen LogP contribution in [-0.4, -0.2) is 27.4 Å². The summed E-state index contributed by atoms with van der Waals surface area (Å²) in [6.07, 6.45) is 4.42. The van der Waals surface area contributed by atoms with Gasteiger partial charge in [-0.3, -0.25) is 14.1 Å². The molecule has 0 radical (unpaired) electrons. The normalized spacial score (nSPS) is 17.0. The number of nitrogens with zero attached hydrogens (tertiary/aromatic N) is 3. The molecule has 2 heterocycles. The van der Waals surface area contributed by atoms with Gasteiger partial charge >= 0.3 is 0 Å². The van der Waals surface area contributed by atoms with Gasteiger partial charge < -0.3 is 0 Å². The van der Waals surface area contributed by atoms with Gasteiger partial charge in [-0.15, -0.1) is 0 Å². The molecule has 3 rings (SSSR count). The topological polar surface area (TPSA) is 37.6 Å².